The first-order valence-corrected chi connectivity index (χ1v) is 7.43. The lowest BCUT2D eigenvalue weighted by atomic mass is 10.2. The molecule has 0 aliphatic rings. The van der Waals surface area contributed by atoms with E-state index >= 15 is 0 Å². The van der Waals surface area contributed by atoms with Crippen LogP contribution in [0.5, 0.6) is 0 Å². The molecule has 0 fully saturated rings. The number of para-hydroxylation sites is 1. The first-order chi connectivity index (χ1) is 9.67. The van der Waals surface area contributed by atoms with E-state index in [0.29, 0.717) is 16.7 Å². The summed E-state index contributed by atoms with van der Waals surface area (Å²) < 4.78 is 0.862. The van der Waals surface area contributed by atoms with E-state index in [1.54, 1.807) is 6.07 Å². The van der Waals surface area contributed by atoms with Gasteiger partial charge in [-0.1, -0.05) is 36.7 Å². The average Bonchev–Trinajstić information content (AvgIpc) is 2.45. The summed E-state index contributed by atoms with van der Waals surface area (Å²) in [6.07, 6.45) is 0.806. The number of aromatic nitrogens is 3. The molecule has 100 valence electrons. The Morgan fingerprint density at radius 2 is 1.90 bits per heavy atom. The van der Waals surface area contributed by atoms with Gasteiger partial charge in [-0.25, -0.2) is 15.0 Å². The smallest absolute Gasteiger partial charge is 0.181 e. The normalized spacial score (nSPS) is 10.9. The van der Waals surface area contributed by atoms with Crippen LogP contribution in [0.4, 0.5) is 0 Å². The molecule has 0 aliphatic heterocycles. The van der Waals surface area contributed by atoms with E-state index in [1.807, 2.05) is 37.3 Å². The van der Waals surface area contributed by atoms with Gasteiger partial charge in [0.15, 0.2) is 5.82 Å². The second-order valence-corrected chi connectivity index (χ2v) is 5.61. The molecule has 0 saturated heterocycles. The van der Waals surface area contributed by atoms with Gasteiger partial charge in [0, 0.05) is 15.6 Å². The molecule has 1 aromatic carbocycles. The number of nitrogens with zero attached hydrogens (tertiary/aromatic N) is 3. The van der Waals surface area contributed by atoms with Crippen LogP contribution in [0.25, 0.3) is 22.4 Å². The highest BCUT2D eigenvalue weighted by Crippen LogP contribution is 2.28. The number of hydrogen-bond donors (Lipinski definition) is 0. The Balaban J connectivity index is 2.23. The lowest BCUT2D eigenvalue weighted by Crippen LogP contribution is -1.98. The highest BCUT2D eigenvalue weighted by molar-refractivity contribution is 9.10. The van der Waals surface area contributed by atoms with E-state index in [-0.39, 0.29) is 0 Å². The second-order valence-electron chi connectivity index (χ2n) is 4.37. The first kappa shape index (κ1) is 13.5. The summed E-state index contributed by atoms with van der Waals surface area (Å²) in [4.78, 5) is 13.4. The van der Waals surface area contributed by atoms with E-state index in [9.17, 15) is 0 Å². The van der Waals surface area contributed by atoms with Crippen molar-refractivity contribution in [3.05, 3.63) is 51.7 Å². The fourth-order valence-electron chi connectivity index (χ4n) is 2.00. The zero-order chi connectivity index (χ0) is 14.1. The molecule has 0 aliphatic carbocycles. The van der Waals surface area contributed by atoms with E-state index in [0.717, 1.165) is 27.5 Å². The molecule has 3 rings (SSSR count). The zero-order valence-corrected chi connectivity index (χ0v) is 13.1. The molecule has 0 unspecified atom stereocenters. The maximum Gasteiger partial charge on any atom is 0.181 e. The minimum Gasteiger partial charge on any atom is -0.243 e. The van der Waals surface area contributed by atoms with Crippen LogP contribution in [-0.2, 0) is 6.42 Å². The Kier molecular flexibility index (Phi) is 3.68. The number of halogens is 2. The fourth-order valence-corrected chi connectivity index (χ4v) is 2.72. The Bertz CT molecular complexity index is 789. The van der Waals surface area contributed by atoms with Crippen LogP contribution in [0.2, 0.25) is 5.15 Å². The summed E-state index contributed by atoms with van der Waals surface area (Å²) in [5, 5.41) is 1.51. The highest BCUT2D eigenvalue weighted by atomic mass is 79.9. The summed E-state index contributed by atoms with van der Waals surface area (Å²) in [7, 11) is 0. The number of rotatable bonds is 2. The predicted molar refractivity (Wildman–Crippen MR) is 84.9 cm³/mol. The van der Waals surface area contributed by atoms with Crippen LogP contribution in [0.15, 0.2) is 40.9 Å². The second kappa shape index (κ2) is 5.46. The van der Waals surface area contributed by atoms with Gasteiger partial charge >= 0.3 is 0 Å². The van der Waals surface area contributed by atoms with Gasteiger partial charge in [-0.3, -0.25) is 0 Å². The number of pyridine rings is 1. The summed E-state index contributed by atoms with van der Waals surface area (Å²) in [5.74, 6) is 0.548. The predicted octanol–water partition coefficient (Wildman–Crippen LogP) is 4.67. The molecule has 5 heteroatoms. The molecule has 0 amide bonds. The van der Waals surface area contributed by atoms with Gasteiger partial charge in [-0.15, -0.1) is 0 Å². The molecule has 0 radical (unpaired) electrons. The molecule has 2 aromatic heterocycles. The van der Waals surface area contributed by atoms with Crippen LogP contribution in [-0.4, -0.2) is 15.0 Å². The summed E-state index contributed by atoms with van der Waals surface area (Å²) in [5.41, 5.74) is 2.52. The van der Waals surface area contributed by atoms with Crippen LogP contribution in [0, 0.1) is 0 Å². The van der Waals surface area contributed by atoms with Crippen molar-refractivity contribution < 1.29 is 0 Å². The van der Waals surface area contributed by atoms with Crippen molar-refractivity contribution in [2.75, 3.05) is 0 Å². The monoisotopic (exact) mass is 347 g/mol. The minimum absolute atomic E-state index is 0.439. The Morgan fingerprint density at radius 3 is 2.70 bits per heavy atom. The molecular weight excluding hydrogens is 338 g/mol. The van der Waals surface area contributed by atoms with Gasteiger partial charge in [0.2, 0.25) is 0 Å². The minimum atomic E-state index is 0.439. The van der Waals surface area contributed by atoms with Gasteiger partial charge in [0.05, 0.1) is 5.52 Å². The molecule has 0 saturated carbocycles. The van der Waals surface area contributed by atoms with Crippen molar-refractivity contribution in [3.8, 4) is 11.5 Å². The van der Waals surface area contributed by atoms with Gasteiger partial charge in [0.25, 0.3) is 0 Å². The van der Waals surface area contributed by atoms with Crippen LogP contribution in [0.3, 0.4) is 0 Å². The largest absolute Gasteiger partial charge is 0.243 e. The molecule has 20 heavy (non-hydrogen) atoms. The van der Waals surface area contributed by atoms with Crippen molar-refractivity contribution in [3.63, 3.8) is 0 Å². The topological polar surface area (TPSA) is 38.7 Å². The number of fused-ring (bicyclic) bond motifs is 1. The Labute approximate surface area is 130 Å². The summed E-state index contributed by atoms with van der Waals surface area (Å²) >= 11 is 9.59. The number of hydrogen-bond acceptors (Lipinski definition) is 3. The van der Waals surface area contributed by atoms with Crippen molar-refractivity contribution in [2.45, 2.75) is 13.3 Å². The Hall–Kier alpha value is -1.52. The molecule has 2 heterocycles. The van der Waals surface area contributed by atoms with Gasteiger partial charge in [-0.05, 0) is 40.5 Å². The number of aryl methyl sites for hydroxylation is 1. The van der Waals surface area contributed by atoms with E-state index in [2.05, 4.69) is 30.9 Å². The third-order valence-electron chi connectivity index (χ3n) is 3.00. The third kappa shape index (κ3) is 2.53. The maximum atomic E-state index is 6.06. The molecule has 3 aromatic rings. The fraction of sp³-hybridized carbons (Fsp3) is 0.133. The summed E-state index contributed by atoms with van der Waals surface area (Å²) in [6.45, 7) is 2.03. The van der Waals surface area contributed by atoms with Gasteiger partial charge < -0.3 is 0 Å². The van der Waals surface area contributed by atoms with Crippen molar-refractivity contribution in [2.24, 2.45) is 0 Å². The molecule has 0 spiro atoms. The van der Waals surface area contributed by atoms with Crippen molar-refractivity contribution in [1.29, 1.82) is 0 Å². The van der Waals surface area contributed by atoms with Crippen molar-refractivity contribution >= 4 is 38.4 Å². The third-order valence-corrected chi connectivity index (χ3v) is 3.80. The van der Waals surface area contributed by atoms with Crippen LogP contribution >= 0.6 is 27.5 Å². The summed E-state index contributed by atoms with van der Waals surface area (Å²) in [6, 6.07) is 11.7. The van der Waals surface area contributed by atoms with E-state index in [1.165, 1.54) is 0 Å². The van der Waals surface area contributed by atoms with E-state index < -0.39 is 0 Å². The SMILES string of the molecule is CCc1cc(Cl)nc(-c2nc3ccccc3cc2Br)n1. The van der Waals surface area contributed by atoms with Gasteiger partial charge in [-0.2, -0.15) is 0 Å². The lowest BCUT2D eigenvalue weighted by molar-refractivity contribution is 0.999. The first-order valence-electron chi connectivity index (χ1n) is 6.26. The van der Waals surface area contributed by atoms with Gasteiger partial charge in [0.1, 0.15) is 10.8 Å². The van der Waals surface area contributed by atoms with E-state index in [4.69, 9.17) is 11.6 Å². The highest BCUT2D eigenvalue weighted by Gasteiger charge is 2.12. The van der Waals surface area contributed by atoms with Crippen molar-refractivity contribution in [1.82, 2.24) is 15.0 Å². The molecule has 3 nitrogen and oxygen atoms in total. The molecule has 0 bridgehead atoms. The van der Waals surface area contributed by atoms with Crippen LogP contribution in [0.1, 0.15) is 12.6 Å². The molecule has 0 N–H and O–H groups in total. The standard InChI is InChI=1S/C15H11BrClN3/c1-2-10-8-13(17)20-15(18-10)14-11(16)7-9-5-3-4-6-12(9)19-14/h3-8H,2H2,1H3. The number of benzene rings is 1. The zero-order valence-electron chi connectivity index (χ0n) is 10.8. The Morgan fingerprint density at radius 1 is 1.10 bits per heavy atom. The quantitative estimate of drug-likeness (QED) is 0.632. The van der Waals surface area contributed by atoms with Crippen LogP contribution < -0.4 is 0 Å². The lowest BCUT2D eigenvalue weighted by Gasteiger charge is -2.07. The molecular formula is C15H11BrClN3. The maximum absolute atomic E-state index is 6.06. The molecule has 0 atom stereocenters. The average molecular weight is 349 g/mol.